The maximum absolute atomic E-state index is 12.8. The smallest absolute Gasteiger partial charge is 0.290 e. The summed E-state index contributed by atoms with van der Waals surface area (Å²) < 4.78 is 27.8. The molecule has 0 saturated carbocycles. The molecule has 2 heterocycles. The molecule has 7 nitrogen and oxygen atoms in total. The molecular formula is C17H21N3O4S. The molecule has 0 bridgehead atoms. The second-order valence-corrected chi connectivity index (χ2v) is 7.47. The second-order valence-electron chi connectivity index (χ2n) is 5.98. The molecule has 1 unspecified atom stereocenters. The Balaban J connectivity index is 1.87. The molecule has 1 saturated heterocycles. The van der Waals surface area contributed by atoms with Gasteiger partial charge in [0, 0.05) is 19.6 Å². The Kier molecular flexibility index (Phi) is 4.94. The van der Waals surface area contributed by atoms with Crippen LogP contribution in [0.3, 0.4) is 0 Å². The first-order chi connectivity index (χ1) is 11.9. The summed E-state index contributed by atoms with van der Waals surface area (Å²) in [6.07, 6.45) is 0.953. The summed E-state index contributed by atoms with van der Waals surface area (Å²) in [5.74, 6) is -0.373. The van der Waals surface area contributed by atoms with Gasteiger partial charge in [-0.15, -0.1) is 0 Å². The highest BCUT2D eigenvalue weighted by Gasteiger charge is 2.30. The lowest BCUT2D eigenvalue weighted by atomic mass is 10.0. The zero-order valence-electron chi connectivity index (χ0n) is 13.9. The van der Waals surface area contributed by atoms with Crippen molar-refractivity contribution in [2.75, 3.05) is 19.6 Å². The Hall–Kier alpha value is -2.16. The number of furan rings is 1. The number of nitrogens with two attached hydrogens (primary N) is 1. The Bertz CT molecular complexity index is 858. The highest BCUT2D eigenvalue weighted by atomic mass is 32.2. The quantitative estimate of drug-likeness (QED) is 0.851. The van der Waals surface area contributed by atoms with E-state index in [0.717, 1.165) is 12.0 Å². The summed E-state index contributed by atoms with van der Waals surface area (Å²) in [7, 11) is -3.97. The Morgan fingerprint density at radius 2 is 2.00 bits per heavy atom. The Morgan fingerprint density at radius 3 is 2.60 bits per heavy atom. The van der Waals surface area contributed by atoms with Crippen molar-refractivity contribution in [2.45, 2.75) is 24.5 Å². The molecule has 1 aliphatic heterocycles. The van der Waals surface area contributed by atoms with Crippen molar-refractivity contribution >= 4 is 15.9 Å². The van der Waals surface area contributed by atoms with Gasteiger partial charge in [-0.2, -0.15) is 0 Å². The molecule has 1 aliphatic rings. The molecule has 1 atom stereocenters. The number of carbonyl (C=O) groups is 1. The summed E-state index contributed by atoms with van der Waals surface area (Å²) in [5.41, 5.74) is 2.25. The fourth-order valence-corrected chi connectivity index (χ4v) is 3.41. The largest absolute Gasteiger partial charge is 0.438 e. The van der Waals surface area contributed by atoms with Crippen LogP contribution in [-0.2, 0) is 16.4 Å². The minimum absolute atomic E-state index is 0.0268. The van der Waals surface area contributed by atoms with Crippen molar-refractivity contribution in [1.29, 1.82) is 0 Å². The molecule has 25 heavy (non-hydrogen) atoms. The van der Waals surface area contributed by atoms with Crippen molar-refractivity contribution in [2.24, 2.45) is 5.14 Å². The average molecular weight is 363 g/mol. The molecule has 1 aromatic carbocycles. The summed E-state index contributed by atoms with van der Waals surface area (Å²) in [4.78, 5) is 14.5. The van der Waals surface area contributed by atoms with Crippen molar-refractivity contribution < 1.29 is 17.6 Å². The van der Waals surface area contributed by atoms with Gasteiger partial charge in [0.1, 0.15) is 0 Å². The minimum atomic E-state index is -3.97. The third kappa shape index (κ3) is 3.76. The summed E-state index contributed by atoms with van der Waals surface area (Å²) in [5, 5.41) is 7.92. The van der Waals surface area contributed by atoms with E-state index in [1.807, 2.05) is 12.1 Å². The number of nitrogens with zero attached hydrogens (tertiary/aromatic N) is 1. The SMILES string of the molecule is CCc1ccc(C2CNCCN2C(=O)c2ccc(S(N)(=O)=O)o2)cc1. The van der Waals surface area contributed by atoms with Crippen molar-refractivity contribution in [3.63, 3.8) is 0 Å². The standard InChI is InChI=1S/C17H21N3O4S/c1-2-12-3-5-13(6-4-12)14-11-19-9-10-20(14)17(21)15-7-8-16(24-15)25(18,22)23/h3-8,14,19H,2,9-11H2,1H3,(H2,18,22,23). The predicted molar refractivity (Wildman–Crippen MR) is 92.5 cm³/mol. The molecular weight excluding hydrogens is 342 g/mol. The van der Waals surface area contributed by atoms with E-state index in [9.17, 15) is 13.2 Å². The lowest BCUT2D eigenvalue weighted by Crippen LogP contribution is -2.48. The zero-order chi connectivity index (χ0) is 18.0. The van der Waals surface area contributed by atoms with E-state index in [1.165, 1.54) is 17.7 Å². The van der Waals surface area contributed by atoms with Gasteiger partial charge in [-0.1, -0.05) is 31.2 Å². The molecule has 0 spiro atoms. The van der Waals surface area contributed by atoms with E-state index >= 15 is 0 Å². The molecule has 0 radical (unpaired) electrons. The first-order valence-electron chi connectivity index (χ1n) is 8.13. The van der Waals surface area contributed by atoms with Crippen molar-refractivity contribution in [3.8, 4) is 0 Å². The van der Waals surface area contributed by atoms with Crippen molar-refractivity contribution in [1.82, 2.24) is 10.2 Å². The number of piperazine rings is 1. The number of hydrogen-bond donors (Lipinski definition) is 2. The normalized spacial score (nSPS) is 18.3. The second kappa shape index (κ2) is 6.99. The molecule has 134 valence electrons. The third-order valence-corrected chi connectivity index (χ3v) is 5.13. The van der Waals surface area contributed by atoms with Crippen LogP contribution in [-0.4, -0.2) is 38.9 Å². The first-order valence-corrected chi connectivity index (χ1v) is 9.68. The number of hydrogen-bond acceptors (Lipinski definition) is 5. The number of aryl methyl sites for hydroxylation is 1. The van der Waals surface area contributed by atoms with Crippen LogP contribution in [0, 0.1) is 0 Å². The van der Waals surface area contributed by atoms with Gasteiger partial charge >= 0.3 is 0 Å². The summed E-state index contributed by atoms with van der Waals surface area (Å²) >= 11 is 0. The van der Waals surface area contributed by atoms with E-state index in [-0.39, 0.29) is 17.7 Å². The van der Waals surface area contributed by atoms with Crippen LogP contribution >= 0.6 is 0 Å². The fourth-order valence-electron chi connectivity index (χ4n) is 2.95. The molecule has 1 fully saturated rings. The predicted octanol–water partition coefficient (Wildman–Crippen LogP) is 1.28. The van der Waals surface area contributed by atoms with Crippen LogP contribution in [0.5, 0.6) is 0 Å². The van der Waals surface area contributed by atoms with Crippen LogP contribution in [0.2, 0.25) is 0 Å². The molecule has 1 amide bonds. The van der Waals surface area contributed by atoms with Gasteiger partial charge < -0.3 is 14.6 Å². The minimum Gasteiger partial charge on any atom is -0.438 e. The number of primary sulfonamides is 1. The Labute approximate surface area is 146 Å². The monoisotopic (exact) mass is 363 g/mol. The van der Waals surface area contributed by atoms with Gasteiger partial charge in [-0.25, -0.2) is 13.6 Å². The number of amides is 1. The highest BCUT2D eigenvalue weighted by Crippen LogP contribution is 2.25. The number of nitrogens with one attached hydrogen (secondary N) is 1. The topological polar surface area (TPSA) is 106 Å². The van der Waals surface area contributed by atoms with Crippen LogP contribution in [0.25, 0.3) is 0 Å². The molecule has 3 N–H and O–H groups in total. The highest BCUT2D eigenvalue weighted by molar-refractivity contribution is 7.89. The van der Waals surface area contributed by atoms with E-state index in [4.69, 9.17) is 9.56 Å². The molecule has 8 heteroatoms. The first kappa shape index (κ1) is 17.7. The van der Waals surface area contributed by atoms with E-state index in [1.54, 1.807) is 4.90 Å². The number of carbonyl (C=O) groups excluding carboxylic acids is 1. The molecule has 2 aromatic rings. The van der Waals surface area contributed by atoms with Crippen LogP contribution < -0.4 is 10.5 Å². The van der Waals surface area contributed by atoms with Gasteiger partial charge in [-0.3, -0.25) is 4.79 Å². The van der Waals surface area contributed by atoms with E-state index in [2.05, 4.69) is 24.4 Å². The molecule has 1 aromatic heterocycles. The maximum Gasteiger partial charge on any atom is 0.290 e. The zero-order valence-corrected chi connectivity index (χ0v) is 14.8. The number of rotatable bonds is 4. The number of sulfonamides is 1. The van der Waals surface area contributed by atoms with E-state index in [0.29, 0.717) is 19.6 Å². The summed E-state index contributed by atoms with van der Waals surface area (Å²) in [6, 6.07) is 10.6. The van der Waals surface area contributed by atoms with Crippen LogP contribution in [0.4, 0.5) is 0 Å². The lowest BCUT2D eigenvalue weighted by molar-refractivity contribution is 0.0596. The molecule has 0 aliphatic carbocycles. The maximum atomic E-state index is 12.8. The van der Waals surface area contributed by atoms with Gasteiger partial charge in [0.2, 0.25) is 5.09 Å². The third-order valence-electron chi connectivity index (χ3n) is 4.35. The fraction of sp³-hybridized carbons (Fsp3) is 0.353. The van der Waals surface area contributed by atoms with Gasteiger partial charge in [0.05, 0.1) is 6.04 Å². The van der Waals surface area contributed by atoms with Crippen LogP contribution in [0.1, 0.15) is 34.6 Å². The summed E-state index contributed by atoms with van der Waals surface area (Å²) in [6.45, 7) is 3.88. The van der Waals surface area contributed by atoms with Crippen LogP contribution in [0.15, 0.2) is 45.9 Å². The lowest BCUT2D eigenvalue weighted by Gasteiger charge is -2.36. The van der Waals surface area contributed by atoms with Gasteiger partial charge in [-0.05, 0) is 29.7 Å². The van der Waals surface area contributed by atoms with Crippen molar-refractivity contribution in [3.05, 3.63) is 53.3 Å². The molecule has 3 rings (SSSR count). The number of benzene rings is 1. The Morgan fingerprint density at radius 1 is 1.28 bits per heavy atom. The van der Waals surface area contributed by atoms with Gasteiger partial charge in [0.25, 0.3) is 15.9 Å². The van der Waals surface area contributed by atoms with Gasteiger partial charge in [0.15, 0.2) is 5.76 Å². The van der Waals surface area contributed by atoms with E-state index < -0.39 is 15.1 Å². The average Bonchev–Trinajstić information content (AvgIpc) is 3.12.